The van der Waals surface area contributed by atoms with Crippen LogP contribution >= 0.6 is 0 Å². The Hall–Kier alpha value is -2.17. The highest BCUT2D eigenvalue weighted by atomic mass is 16.5. The van der Waals surface area contributed by atoms with Gasteiger partial charge in [-0.1, -0.05) is 42.4 Å². The molecular weight excluding hydrogens is 278 g/mol. The molecule has 1 fully saturated rings. The Morgan fingerprint density at radius 3 is 2.95 bits per heavy atom. The molecule has 1 unspecified atom stereocenters. The fourth-order valence-electron chi connectivity index (χ4n) is 2.88. The van der Waals surface area contributed by atoms with Crippen LogP contribution in [0, 0.1) is 0 Å². The lowest BCUT2D eigenvalue weighted by Crippen LogP contribution is -2.39. The zero-order valence-corrected chi connectivity index (χ0v) is 12.9. The molecule has 1 amide bonds. The Bertz CT molecular complexity index is 624. The average Bonchev–Trinajstić information content (AvgIpc) is 3.06. The summed E-state index contributed by atoms with van der Waals surface area (Å²) in [6.07, 6.45) is 3.49. The summed E-state index contributed by atoms with van der Waals surface area (Å²) >= 11 is 0. The third-order valence-electron chi connectivity index (χ3n) is 4.06. The monoisotopic (exact) mass is 299 g/mol. The first kappa shape index (κ1) is 14.8. The van der Waals surface area contributed by atoms with Crippen molar-refractivity contribution in [3.05, 3.63) is 36.2 Å². The van der Waals surface area contributed by atoms with Crippen molar-refractivity contribution in [1.82, 2.24) is 15.0 Å². The number of carbonyl (C=O) groups is 1. The lowest BCUT2D eigenvalue weighted by atomic mass is 9.97. The van der Waals surface area contributed by atoms with Crippen LogP contribution in [0.5, 0.6) is 0 Å². The molecule has 2 aromatic rings. The molecule has 5 heteroatoms. The molecule has 0 spiro atoms. The van der Waals surface area contributed by atoms with Gasteiger partial charge in [0.25, 0.3) is 0 Å². The van der Waals surface area contributed by atoms with Crippen molar-refractivity contribution in [2.24, 2.45) is 0 Å². The molecule has 0 aliphatic carbocycles. The highest BCUT2D eigenvalue weighted by molar-refractivity contribution is 5.76. The molecule has 1 saturated heterocycles. The molecular formula is C17H21N3O2. The van der Waals surface area contributed by atoms with E-state index in [0.29, 0.717) is 24.7 Å². The van der Waals surface area contributed by atoms with Gasteiger partial charge in [-0.25, -0.2) is 0 Å². The third kappa shape index (κ3) is 3.18. The third-order valence-corrected chi connectivity index (χ3v) is 4.06. The zero-order valence-electron chi connectivity index (χ0n) is 12.9. The second-order valence-corrected chi connectivity index (χ2v) is 5.75. The number of hydrogen-bond acceptors (Lipinski definition) is 4. The van der Waals surface area contributed by atoms with Crippen LogP contribution in [0.2, 0.25) is 0 Å². The summed E-state index contributed by atoms with van der Waals surface area (Å²) in [6, 6.07) is 9.80. The Morgan fingerprint density at radius 1 is 1.36 bits per heavy atom. The highest BCUT2D eigenvalue weighted by Crippen LogP contribution is 2.27. The number of carbonyl (C=O) groups excluding carboxylic acids is 1. The second-order valence-electron chi connectivity index (χ2n) is 5.75. The molecule has 5 nitrogen and oxygen atoms in total. The number of piperidine rings is 1. The minimum absolute atomic E-state index is 0.152. The van der Waals surface area contributed by atoms with Gasteiger partial charge in [-0.3, -0.25) is 4.79 Å². The van der Waals surface area contributed by atoms with Crippen LogP contribution < -0.4 is 0 Å². The molecule has 0 bridgehead atoms. The fraction of sp³-hybridized carbons (Fsp3) is 0.471. The van der Waals surface area contributed by atoms with Gasteiger partial charge in [0.2, 0.25) is 17.6 Å². The van der Waals surface area contributed by atoms with Crippen LogP contribution in [0.15, 0.2) is 34.9 Å². The Labute approximate surface area is 130 Å². The summed E-state index contributed by atoms with van der Waals surface area (Å²) in [4.78, 5) is 18.5. The second kappa shape index (κ2) is 6.73. The predicted octanol–water partition coefficient (Wildman–Crippen LogP) is 3.24. The summed E-state index contributed by atoms with van der Waals surface area (Å²) in [5.41, 5.74) is 0.951. The molecule has 0 N–H and O–H groups in total. The Kier molecular flexibility index (Phi) is 4.51. The van der Waals surface area contributed by atoms with Gasteiger partial charge in [0, 0.05) is 25.1 Å². The van der Waals surface area contributed by atoms with E-state index in [1.54, 1.807) is 0 Å². The first-order chi connectivity index (χ1) is 10.8. The fourth-order valence-corrected chi connectivity index (χ4v) is 2.88. The molecule has 3 rings (SSSR count). The number of aromatic nitrogens is 2. The van der Waals surface area contributed by atoms with Gasteiger partial charge < -0.3 is 9.42 Å². The van der Waals surface area contributed by atoms with Gasteiger partial charge in [0.05, 0.1) is 5.92 Å². The van der Waals surface area contributed by atoms with Crippen LogP contribution in [-0.2, 0) is 4.79 Å². The zero-order chi connectivity index (χ0) is 15.4. The van der Waals surface area contributed by atoms with Gasteiger partial charge in [-0.05, 0) is 19.3 Å². The summed E-state index contributed by atoms with van der Waals surface area (Å²) in [7, 11) is 0. The van der Waals surface area contributed by atoms with Gasteiger partial charge in [0.1, 0.15) is 0 Å². The lowest BCUT2D eigenvalue weighted by Gasteiger charge is -2.31. The largest absolute Gasteiger partial charge is 0.342 e. The van der Waals surface area contributed by atoms with Crippen molar-refractivity contribution < 1.29 is 9.32 Å². The lowest BCUT2D eigenvalue weighted by molar-refractivity contribution is -0.132. The van der Waals surface area contributed by atoms with E-state index in [0.717, 1.165) is 31.4 Å². The van der Waals surface area contributed by atoms with E-state index in [9.17, 15) is 4.79 Å². The number of likely N-dealkylation sites (tertiary alicyclic amines) is 1. The summed E-state index contributed by atoms with van der Waals surface area (Å²) in [5, 5.41) is 4.08. The van der Waals surface area contributed by atoms with Gasteiger partial charge in [-0.2, -0.15) is 4.98 Å². The molecule has 1 aliphatic heterocycles. The molecule has 22 heavy (non-hydrogen) atoms. The SMILES string of the molecule is CCCC(=O)N1CCCC(c2nc(-c3ccccc3)no2)C1. The van der Waals surface area contributed by atoms with Crippen LogP contribution in [0.25, 0.3) is 11.4 Å². The number of benzene rings is 1. The van der Waals surface area contributed by atoms with E-state index < -0.39 is 0 Å². The first-order valence-corrected chi connectivity index (χ1v) is 7.94. The van der Waals surface area contributed by atoms with Gasteiger partial charge in [0.15, 0.2) is 0 Å². The van der Waals surface area contributed by atoms with Crippen molar-refractivity contribution >= 4 is 5.91 Å². The van der Waals surface area contributed by atoms with E-state index in [4.69, 9.17) is 4.52 Å². The van der Waals surface area contributed by atoms with Crippen molar-refractivity contribution in [2.45, 2.75) is 38.5 Å². The van der Waals surface area contributed by atoms with E-state index in [1.807, 2.05) is 42.2 Å². The number of hydrogen-bond donors (Lipinski definition) is 0. The summed E-state index contributed by atoms with van der Waals surface area (Å²) in [6.45, 7) is 3.56. The molecule has 0 saturated carbocycles. The van der Waals surface area contributed by atoms with Crippen LogP contribution in [0.4, 0.5) is 0 Å². The quantitative estimate of drug-likeness (QED) is 0.869. The van der Waals surface area contributed by atoms with Crippen molar-refractivity contribution in [2.75, 3.05) is 13.1 Å². The molecule has 116 valence electrons. The van der Waals surface area contributed by atoms with Crippen molar-refractivity contribution in [1.29, 1.82) is 0 Å². The van der Waals surface area contributed by atoms with Crippen molar-refractivity contribution in [3.8, 4) is 11.4 Å². The standard InChI is InChI=1S/C17H21N3O2/c1-2-7-15(21)20-11-6-10-14(12-20)17-18-16(19-22-17)13-8-4-3-5-9-13/h3-5,8-9,14H,2,6-7,10-12H2,1H3. The predicted molar refractivity (Wildman–Crippen MR) is 83.2 cm³/mol. The maximum atomic E-state index is 12.1. The molecule has 2 heterocycles. The normalized spacial score (nSPS) is 18.4. The minimum Gasteiger partial charge on any atom is -0.342 e. The Morgan fingerprint density at radius 2 is 2.18 bits per heavy atom. The summed E-state index contributed by atoms with van der Waals surface area (Å²) in [5.74, 6) is 1.65. The van der Waals surface area contributed by atoms with Crippen LogP contribution in [-0.4, -0.2) is 34.0 Å². The molecule has 0 radical (unpaired) electrons. The topological polar surface area (TPSA) is 59.2 Å². The van der Waals surface area contributed by atoms with E-state index in [2.05, 4.69) is 10.1 Å². The molecule has 1 aliphatic rings. The number of nitrogens with zero attached hydrogens (tertiary/aromatic N) is 3. The molecule has 1 aromatic carbocycles. The van der Waals surface area contributed by atoms with Crippen molar-refractivity contribution in [3.63, 3.8) is 0 Å². The van der Waals surface area contributed by atoms with Crippen LogP contribution in [0.1, 0.15) is 44.4 Å². The molecule has 1 aromatic heterocycles. The number of amides is 1. The van der Waals surface area contributed by atoms with E-state index >= 15 is 0 Å². The number of rotatable bonds is 4. The Balaban J connectivity index is 1.72. The smallest absolute Gasteiger partial charge is 0.231 e. The first-order valence-electron chi connectivity index (χ1n) is 7.94. The minimum atomic E-state index is 0.152. The maximum Gasteiger partial charge on any atom is 0.231 e. The van der Waals surface area contributed by atoms with Gasteiger partial charge >= 0.3 is 0 Å². The maximum absolute atomic E-state index is 12.1. The van der Waals surface area contributed by atoms with Gasteiger partial charge in [-0.15, -0.1) is 0 Å². The summed E-state index contributed by atoms with van der Waals surface area (Å²) < 4.78 is 5.45. The highest BCUT2D eigenvalue weighted by Gasteiger charge is 2.28. The van der Waals surface area contributed by atoms with E-state index in [-0.39, 0.29) is 11.8 Å². The van der Waals surface area contributed by atoms with E-state index in [1.165, 1.54) is 0 Å². The average molecular weight is 299 g/mol. The van der Waals surface area contributed by atoms with Crippen LogP contribution in [0.3, 0.4) is 0 Å². The molecule has 1 atom stereocenters.